The predicted molar refractivity (Wildman–Crippen MR) is 33.3 cm³/mol. The van der Waals surface area contributed by atoms with Crippen LogP contribution in [0.2, 0.25) is 0 Å². The van der Waals surface area contributed by atoms with Crippen LogP contribution in [0.15, 0.2) is 0 Å². The Balaban J connectivity index is 3.39. The third-order valence-electron chi connectivity index (χ3n) is 0.848. The van der Waals surface area contributed by atoms with Crippen LogP contribution in [-0.4, -0.2) is 16.7 Å². The molecule has 2 heteroatoms. The molecular formula is C6H16NO+. The van der Waals surface area contributed by atoms with Crippen LogP contribution < -0.4 is 5.73 Å². The second kappa shape index (κ2) is 2.46. The van der Waals surface area contributed by atoms with Gasteiger partial charge in [0.25, 0.3) is 0 Å². The molecule has 0 spiro atoms. The molecule has 0 aliphatic carbocycles. The average Bonchev–Trinajstić information content (AvgIpc) is 1.21. The summed E-state index contributed by atoms with van der Waals surface area (Å²) in [5.74, 6) is 0. The first-order valence-corrected chi connectivity index (χ1v) is 2.95. The van der Waals surface area contributed by atoms with Crippen LogP contribution in [0.3, 0.4) is 0 Å². The summed E-state index contributed by atoms with van der Waals surface area (Å²) in [6, 6.07) is 0. The first kappa shape index (κ1) is 7.92. The van der Waals surface area contributed by atoms with Gasteiger partial charge in [0.2, 0.25) is 0 Å². The van der Waals surface area contributed by atoms with Gasteiger partial charge in [0, 0.05) is 6.42 Å². The minimum absolute atomic E-state index is 0.0220. The predicted octanol–water partition coefficient (Wildman–Crippen LogP) is -0.222. The van der Waals surface area contributed by atoms with Crippen molar-refractivity contribution in [3.8, 4) is 0 Å². The van der Waals surface area contributed by atoms with E-state index in [2.05, 4.69) is 5.73 Å². The van der Waals surface area contributed by atoms with Crippen molar-refractivity contribution >= 4 is 0 Å². The lowest BCUT2D eigenvalue weighted by molar-refractivity contribution is -0.469. The topological polar surface area (TPSA) is 47.9 Å². The van der Waals surface area contributed by atoms with Gasteiger partial charge in [0.1, 0.15) is 0 Å². The summed E-state index contributed by atoms with van der Waals surface area (Å²) >= 11 is 0. The maximum absolute atomic E-state index is 8.85. The zero-order valence-corrected chi connectivity index (χ0v) is 5.94. The summed E-state index contributed by atoms with van der Waals surface area (Å²) in [5.41, 5.74) is 3.87. The molecule has 0 unspecified atom stereocenters. The van der Waals surface area contributed by atoms with Gasteiger partial charge < -0.3 is 10.8 Å². The average molecular weight is 118 g/mol. The molecule has 0 aliphatic rings. The van der Waals surface area contributed by atoms with Gasteiger partial charge in [-0.25, -0.2) is 0 Å². The number of rotatable bonds is 2. The van der Waals surface area contributed by atoms with Crippen molar-refractivity contribution in [2.75, 3.05) is 0 Å². The van der Waals surface area contributed by atoms with Crippen molar-refractivity contribution in [2.24, 2.45) is 0 Å². The monoisotopic (exact) mass is 118 g/mol. The number of hydrogen-bond acceptors (Lipinski definition) is 1. The third-order valence-corrected chi connectivity index (χ3v) is 0.848. The first-order valence-electron chi connectivity index (χ1n) is 2.95. The number of hydrogen-bond donors (Lipinski definition) is 2. The third kappa shape index (κ3) is 5.92. The molecule has 0 bridgehead atoms. The molecule has 0 radical (unpaired) electrons. The highest BCUT2D eigenvalue weighted by Gasteiger charge is 2.16. The highest BCUT2D eigenvalue weighted by molar-refractivity contribution is 4.65. The summed E-state index contributed by atoms with van der Waals surface area (Å²) in [5, 5.41) is 8.85. The second-order valence-corrected chi connectivity index (χ2v) is 3.22. The Morgan fingerprint density at radius 3 is 2.00 bits per heavy atom. The Kier molecular flexibility index (Phi) is 2.44. The summed E-state index contributed by atoms with van der Waals surface area (Å²) in [7, 11) is 0. The molecule has 8 heavy (non-hydrogen) atoms. The molecule has 4 N–H and O–H groups in total. The molecule has 0 amide bonds. The minimum atomic E-state index is -0.220. The van der Waals surface area contributed by atoms with Gasteiger partial charge in [-0.2, -0.15) is 0 Å². The quantitative estimate of drug-likeness (QED) is 0.517. The van der Waals surface area contributed by atoms with E-state index in [0.29, 0.717) is 0 Å². The highest BCUT2D eigenvalue weighted by Crippen LogP contribution is 2.03. The molecule has 0 aromatic heterocycles. The van der Waals surface area contributed by atoms with Crippen LogP contribution in [0.5, 0.6) is 0 Å². The van der Waals surface area contributed by atoms with E-state index in [1.807, 2.05) is 13.8 Å². The molecule has 1 atom stereocenters. The summed E-state index contributed by atoms with van der Waals surface area (Å²) in [6.07, 6.45) is 0.551. The Morgan fingerprint density at radius 1 is 1.62 bits per heavy atom. The van der Waals surface area contributed by atoms with E-state index in [-0.39, 0.29) is 11.6 Å². The van der Waals surface area contributed by atoms with Crippen molar-refractivity contribution in [3.05, 3.63) is 0 Å². The van der Waals surface area contributed by atoms with Crippen molar-refractivity contribution in [1.82, 2.24) is 0 Å². The molecule has 2 nitrogen and oxygen atoms in total. The fourth-order valence-corrected chi connectivity index (χ4v) is 0.800. The SMILES string of the molecule is C[C@H](O)CC(C)(C)[NH3+]. The maximum Gasteiger partial charge on any atom is 0.0913 e. The van der Waals surface area contributed by atoms with E-state index in [1.54, 1.807) is 6.92 Å². The molecule has 0 saturated heterocycles. The Labute approximate surface area is 50.7 Å². The fourth-order valence-electron chi connectivity index (χ4n) is 0.800. The molecule has 0 saturated carbocycles. The van der Waals surface area contributed by atoms with Crippen LogP contribution in [0.1, 0.15) is 27.2 Å². The van der Waals surface area contributed by atoms with Gasteiger partial charge in [0.05, 0.1) is 11.6 Å². The Morgan fingerprint density at radius 2 is 2.00 bits per heavy atom. The number of aliphatic hydroxyl groups excluding tert-OH is 1. The van der Waals surface area contributed by atoms with Gasteiger partial charge >= 0.3 is 0 Å². The molecule has 0 fully saturated rings. The minimum Gasteiger partial charge on any atom is -0.393 e. The lowest BCUT2D eigenvalue weighted by atomic mass is 9.99. The number of aliphatic hydroxyl groups is 1. The molecule has 0 aliphatic heterocycles. The van der Waals surface area contributed by atoms with Crippen molar-refractivity contribution < 1.29 is 10.8 Å². The van der Waals surface area contributed by atoms with Gasteiger partial charge in [-0.05, 0) is 20.8 Å². The van der Waals surface area contributed by atoms with E-state index in [1.165, 1.54) is 0 Å². The van der Waals surface area contributed by atoms with E-state index >= 15 is 0 Å². The van der Waals surface area contributed by atoms with Crippen LogP contribution in [0, 0.1) is 0 Å². The van der Waals surface area contributed by atoms with Crippen molar-refractivity contribution in [2.45, 2.75) is 38.8 Å². The van der Waals surface area contributed by atoms with E-state index in [0.717, 1.165) is 6.42 Å². The highest BCUT2D eigenvalue weighted by atomic mass is 16.3. The standard InChI is InChI=1S/C6H15NO/c1-5(8)4-6(2,3)7/h5,8H,4,7H2,1-3H3/p+1/t5-/m0/s1. The van der Waals surface area contributed by atoms with Crippen molar-refractivity contribution in [3.63, 3.8) is 0 Å². The van der Waals surface area contributed by atoms with Crippen LogP contribution in [0.25, 0.3) is 0 Å². The Hall–Kier alpha value is -0.0800. The molecule has 0 aromatic carbocycles. The maximum atomic E-state index is 8.85. The first-order chi connectivity index (χ1) is 3.42. The molecule has 0 rings (SSSR count). The van der Waals surface area contributed by atoms with Crippen molar-refractivity contribution in [1.29, 1.82) is 0 Å². The summed E-state index contributed by atoms with van der Waals surface area (Å²) in [6.45, 7) is 5.81. The molecular weight excluding hydrogens is 102 g/mol. The lowest BCUT2D eigenvalue weighted by Gasteiger charge is -2.15. The van der Waals surface area contributed by atoms with Crippen LogP contribution >= 0.6 is 0 Å². The summed E-state index contributed by atoms with van der Waals surface area (Å²) < 4.78 is 0. The van der Waals surface area contributed by atoms with Gasteiger partial charge in [0.15, 0.2) is 0 Å². The van der Waals surface area contributed by atoms with E-state index in [4.69, 9.17) is 5.11 Å². The van der Waals surface area contributed by atoms with Gasteiger partial charge in [-0.3, -0.25) is 0 Å². The van der Waals surface area contributed by atoms with E-state index < -0.39 is 0 Å². The van der Waals surface area contributed by atoms with Gasteiger partial charge in [-0.15, -0.1) is 0 Å². The zero-order chi connectivity index (χ0) is 6.78. The lowest BCUT2D eigenvalue weighted by Crippen LogP contribution is -2.69. The molecule has 0 aromatic rings. The summed E-state index contributed by atoms with van der Waals surface area (Å²) in [4.78, 5) is 0. The largest absolute Gasteiger partial charge is 0.393 e. The normalized spacial score (nSPS) is 16.1. The molecule has 50 valence electrons. The van der Waals surface area contributed by atoms with Gasteiger partial charge in [-0.1, -0.05) is 0 Å². The van der Waals surface area contributed by atoms with E-state index in [9.17, 15) is 0 Å². The zero-order valence-electron chi connectivity index (χ0n) is 5.94. The molecule has 0 heterocycles. The van der Waals surface area contributed by atoms with Crippen LogP contribution in [0.4, 0.5) is 0 Å². The van der Waals surface area contributed by atoms with Crippen LogP contribution in [-0.2, 0) is 0 Å². The second-order valence-electron chi connectivity index (χ2n) is 3.22. The smallest absolute Gasteiger partial charge is 0.0913 e. The Bertz CT molecular complexity index is 63.4. The fraction of sp³-hybridized carbons (Fsp3) is 1.00. The number of quaternary nitrogens is 1.